The number of carbonyl (C=O) groups is 1. The summed E-state index contributed by atoms with van der Waals surface area (Å²) < 4.78 is 11.4. The van der Waals surface area contributed by atoms with Crippen LogP contribution in [0, 0.1) is 0 Å². The molecule has 2 aromatic rings. The lowest BCUT2D eigenvalue weighted by atomic mass is 9.86. The molecule has 0 radical (unpaired) electrons. The van der Waals surface area contributed by atoms with E-state index in [0.717, 1.165) is 70.2 Å². The second-order valence-electron chi connectivity index (χ2n) is 9.09. The summed E-state index contributed by atoms with van der Waals surface area (Å²) in [6.45, 7) is 9.16. The highest BCUT2D eigenvalue weighted by Crippen LogP contribution is 2.35. The van der Waals surface area contributed by atoms with Gasteiger partial charge < -0.3 is 14.4 Å². The van der Waals surface area contributed by atoms with Crippen LogP contribution in [-0.4, -0.2) is 74.3 Å². The molecule has 2 aromatic carbocycles. The molecule has 33 heavy (non-hydrogen) atoms. The zero-order chi connectivity index (χ0) is 23.1. The van der Waals surface area contributed by atoms with Gasteiger partial charge in [0.05, 0.1) is 12.8 Å². The monoisotopic (exact) mass is 451 g/mol. The van der Waals surface area contributed by atoms with Crippen LogP contribution in [-0.2, 0) is 16.1 Å². The maximum Gasteiger partial charge on any atom is 0.226 e. The Morgan fingerprint density at radius 2 is 1.67 bits per heavy atom. The van der Waals surface area contributed by atoms with Crippen LogP contribution < -0.4 is 9.64 Å². The highest BCUT2D eigenvalue weighted by Gasteiger charge is 2.42. The number of rotatable bonds is 8. The van der Waals surface area contributed by atoms with Gasteiger partial charge in [-0.1, -0.05) is 49.4 Å². The zero-order valence-corrected chi connectivity index (χ0v) is 20.0. The Hall–Kier alpha value is -2.41. The Balaban J connectivity index is 1.52. The molecular weight excluding hydrogens is 414 g/mol. The predicted molar refractivity (Wildman–Crippen MR) is 132 cm³/mol. The predicted octanol–water partition coefficient (Wildman–Crippen LogP) is 3.81. The van der Waals surface area contributed by atoms with E-state index in [1.165, 1.54) is 5.56 Å². The van der Waals surface area contributed by atoms with Gasteiger partial charge in [-0.3, -0.25) is 14.6 Å². The molecule has 0 saturated carbocycles. The molecule has 2 fully saturated rings. The molecule has 1 amide bonds. The first-order chi connectivity index (χ1) is 16.1. The minimum Gasteiger partial charge on any atom is -0.495 e. The Bertz CT molecular complexity index is 890. The van der Waals surface area contributed by atoms with Crippen LogP contribution in [0.3, 0.4) is 0 Å². The van der Waals surface area contributed by atoms with Gasteiger partial charge >= 0.3 is 0 Å². The van der Waals surface area contributed by atoms with E-state index in [0.29, 0.717) is 13.0 Å². The molecule has 0 spiro atoms. The normalized spacial score (nSPS) is 19.2. The SMILES string of the molecule is CCC(=O)N(CC1(N2CCN(Cc3ccccc3)CC2)CCOCC1)c1ccccc1OC. The quantitative estimate of drug-likeness (QED) is 0.611. The third kappa shape index (κ3) is 5.57. The standard InChI is InChI=1S/C27H37N3O3/c1-3-26(31)30(24-11-7-8-12-25(24)32-2)22-27(13-19-33-20-14-27)29-17-15-28(16-18-29)21-23-9-5-4-6-10-23/h4-12H,3,13-22H2,1-2H3. The molecule has 2 aliphatic heterocycles. The maximum absolute atomic E-state index is 13.1. The third-order valence-corrected chi connectivity index (χ3v) is 7.15. The van der Waals surface area contributed by atoms with Gasteiger partial charge in [-0.2, -0.15) is 0 Å². The zero-order valence-electron chi connectivity index (χ0n) is 20.0. The molecule has 0 atom stereocenters. The number of hydrogen-bond donors (Lipinski definition) is 0. The van der Waals surface area contributed by atoms with Crippen molar-refractivity contribution in [3.05, 3.63) is 60.2 Å². The van der Waals surface area contributed by atoms with Crippen LogP contribution >= 0.6 is 0 Å². The van der Waals surface area contributed by atoms with Gasteiger partial charge in [0, 0.05) is 64.4 Å². The minimum atomic E-state index is -0.0806. The first kappa shape index (κ1) is 23.7. The van der Waals surface area contributed by atoms with E-state index in [1.807, 2.05) is 36.1 Å². The highest BCUT2D eigenvalue weighted by atomic mass is 16.5. The number of benzene rings is 2. The second kappa shape index (κ2) is 11.1. The van der Waals surface area contributed by atoms with Crippen LogP contribution in [0.15, 0.2) is 54.6 Å². The van der Waals surface area contributed by atoms with Crippen LogP contribution in [0.25, 0.3) is 0 Å². The van der Waals surface area contributed by atoms with Crippen molar-refractivity contribution in [3.8, 4) is 5.75 Å². The number of piperazine rings is 1. The van der Waals surface area contributed by atoms with Gasteiger partial charge in [0.15, 0.2) is 0 Å². The number of amides is 1. The van der Waals surface area contributed by atoms with E-state index in [-0.39, 0.29) is 11.4 Å². The number of carbonyl (C=O) groups excluding carboxylic acids is 1. The fourth-order valence-electron chi connectivity index (χ4n) is 5.19. The first-order valence-corrected chi connectivity index (χ1v) is 12.2. The van der Waals surface area contributed by atoms with Crippen LogP contribution in [0.2, 0.25) is 0 Å². The average Bonchev–Trinajstić information content (AvgIpc) is 2.88. The topological polar surface area (TPSA) is 45.3 Å². The van der Waals surface area contributed by atoms with Crippen LogP contribution in [0.5, 0.6) is 5.75 Å². The summed E-state index contributed by atoms with van der Waals surface area (Å²) in [7, 11) is 1.67. The van der Waals surface area contributed by atoms with Crippen molar-refractivity contribution in [2.45, 2.75) is 38.3 Å². The number of ether oxygens (including phenoxy) is 2. The van der Waals surface area contributed by atoms with E-state index in [1.54, 1.807) is 7.11 Å². The molecule has 2 aliphatic rings. The van der Waals surface area contributed by atoms with Crippen molar-refractivity contribution < 1.29 is 14.3 Å². The van der Waals surface area contributed by atoms with Gasteiger partial charge in [0.25, 0.3) is 0 Å². The highest BCUT2D eigenvalue weighted by molar-refractivity contribution is 5.94. The van der Waals surface area contributed by atoms with Gasteiger partial charge in [-0.05, 0) is 30.5 Å². The second-order valence-corrected chi connectivity index (χ2v) is 9.09. The van der Waals surface area contributed by atoms with Gasteiger partial charge in [-0.15, -0.1) is 0 Å². The van der Waals surface area contributed by atoms with Crippen molar-refractivity contribution in [2.24, 2.45) is 0 Å². The van der Waals surface area contributed by atoms with Crippen molar-refractivity contribution in [1.29, 1.82) is 0 Å². The lowest BCUT2D eigenvalue weighted by Gasteiger charge is -2.51. The van der Waals surface area contributed by atoms with E-state index in [9.17, 15) is 4.79 Å². The summed E-state index contributed by atoms with van der Waals surface area (Å²) >= 11 is 0. The van der Waals surface area contributed by atoms with Gasteiger partial charge in [0.1, 0.15) is 5.75 Å². The van der Waals surface area contributed by atoms with Crippen molar-refractivity contribution in [3.63, 3.8) is 0 Å². The number of hydrogen-bond acceptors (Lipinski definition) is 5. The molecule has 2 heterocycles. The Kier molecular flexibility index (Phi) is 8.02. The summed E-state index contributed by atoms with van der Waals surface area (Å²) in [5.74, 6) is 0.877. The van der Waals surface area contributed by atoms with Gasteiger partial charge in [0.2, 0.25) is 5.91 Å². The number of methoxy groups -OCH3 is 1. The summed E-state index contributed by atoms with van der Waals surface area (Å²) in [6.07, 6.45) is 2.35. The third-order valence-electron chi connectivity index (χ3n) is 7.15. The lowest BCUT2D eigenvalue weighted by Crippen LogP contribution is -2.63. The molecule has 0 N–H and O–H groups in total. The van der Waals surface area contributed by atoms with E-state index >= 15 is 0 Å². The van der Waals surface area contributed by atoms with Crippen molar-refractivity contribution >= 4 is 11.6 Å². The van der Waals surface area contributed by atoms with Crippen LogP contribution in [0.4, 0.5) is 5.69 Å². The number of anilines is 1. The molecular formula is C27H37N3O3. The van der Waals surface area contributed by atoms with E-state index in [4.69, 9.17) is 9.47 Å². The fourth-order valence-corrected chi connectivity index (χ4v) is 5.19. The molecule has 6 nitrogen and oxygen atoms in total. The number of nitrogens with zero attached hydrogens (tertiary/aromatic N) is 3. The molecule has 6 heteroatoms. The van der Waals surface area contributed by atoms with E-state index in [2.05, 4.69) is 40.1 Å². The summed E-state index contributed by atoms with van der Waals surface area (Å²) in [4.78, 5) is 20.3. The molecule has 0 aromatic heterocycles. The molecule has 4 rings (SSSR count). The number of para-hydroxylation sites is 2. The molecule has 0 aliphatic carbocycles. The van der Waals surface area contributed by atoms with Crippen molar-refractivity contribution in [2.75, 3.05) is 57.9 Å². The minimum absolute atomic E-state index is 0.0806. The first-order valence-electron chi connectivity index (χ1n) is 12.2. The summed E-state index contributed by atoms with van der Waals surface area (Å²) in [6, 6.07) is 18.6. The van der Waals surface area contributed by atoms with E-state index < -0.39 is 0 Å². The summed E-state index contributed by atoms with van der Waals surface area (Å²) in [5, 5.41) is 0. The largest absolute Gasteiger partial charge is 0.495 e. The van der Waals surface area contributed by atoms with Gasteiger partial charge in [-0.25, -0.2) is 0 Å². The Morgan fingerprint density at radius 3 is 2.33 bits per heavy atom. The molecule has 0 bridgehead atoms. The fraction of sp³-hybridized carbons (Fsp3) is 0.519. The van der Waals surface area contributed by atoms with Crippen molar-refractivity contribution in [1.82, 2.24) is 9.80 Å². The van der Waals surface area contributed by atoms with Crippen LogP contribution in [0.1, 0.15) is 31.7 Å². The smallest absolute Gasteiger partial charge is 0.226 e. The average molecular weight is 452 g/mol. The Morgan fingerprint density at radius 1 is 1.00 bits per heavy atom. The Labute approximate surface area is 198 Å². The summed E-state index contributed by atoms with van der Waals surface area (Å²) in [5.41, 5.74) is 2.14. The molecule has 2 saturated heterocycles. The molecule has 178 valence electrons. The lowest BCUT2D eigenvalue weighted by molar-refractivity contribution is -0.119. The molecule has 0 unspecified atom stereocenters. The maximum atomic E-state index is 13.1.